The number of thiophene rings is 1. The third kappa shape index (κ3) is 3.92. The van der Waals surface area contributed by atoms with Crippen molar-refractivity contribution in [2.75, 3.05) is 14.2 Å². The topological polar surface area (TPSA) is 82.5 Å². The third-order valence-electron chi connectivity index (χ3n) is 5.48. The number of rotatable bonds is 7. The van der Waals surface area contributed by atoms with Gasteiger partial charge in [0.1, 0.15) is 4.83 Å². The molecule has 8 heteroatoms. The number of aryl methyl sites for hydroxylation is 3. The lowest BCUT2D eigenvalue weighted by Gasteiger charge is -2.13. The quantitative estimate of drug-likeness (QED) is 0.627. The van der Waals surface area contributed by atoms with Crippen molar-refractivity contribution in [2.45, 2.75) is 45.2 Å². The van der Waals surface area contributed by atoms with Gasteiger partial charge in [0.2, 0.25) is 5.91 Å². The molecule has 30 heavy (non-hydrogen) atoms. The molecule has 0 radical (unpaired) electrons. The predicted octanol–water partition coefficient (Wildman–Crippen LogP) is 3.06. The summed E-state index contributed by atoms with van der Waals surface area (Å²) in [4.78, 5) is 32.0. The van der Waals surface area contributed by atoms with E-state index >= 15 is 0 Å². The van der Waals surface area contributed by atoms with Crippen LogP contribution in [0.1, 0.15) is 35.3 Å². The monoisotopic (exact) mass is 427 g/mol. The van der Waals surface area contributed by atoms with Gasteiger partial charge in [0, 0.05) is 30.0 Å². The highest BCUT2D eigenvalue weighted by Gasteiger charge is 2.20. The second kappa shape index (κ2) is 8.87. The summed E-state index contributed by atoms with van der Waals surface area (Å²) in [6, 6.07) is 5.54. The summed E-state index contributed by atoms with van der Waals surface area (Å²) in [5.41, 5.74) is 1.96. The fourth-order valence-electron chi connectivity index (χ4n) is 3.94. The molecular formula is C22H25N3O4S. The number of nitrogens with zero attached hydrogens (tertiary/aromatic N) is 2. The lowest BCUT2D eigenvalue weighted by Crippen LogP contribution is -2.27. The van der Waals surface area contributed by atoms with Crippen LogP contribution in [0.15, 0.2) is 29.3 Å². The minimum atomic E-state index is -0.140. The third-order valence-corrected chi connectivity index (χ3v) is 6.68. The molecule has 2 aromatic heterocycles. The van der Waals surface area contributed by atoms with Crippen LogP contribution in [0.3, 0.4) is 0 Å². The highest BCUT2D eigenvalue weighted by atomic mass is 32.1. The van der Waals surface area contributed by atoms with Crippen molar-refractivity contribution in [3.8, 4) is 11.5 Å². The Balaban J connectivity index is 1.43. The summed E-state index contributed by atoms with van der Waals surface area (Å²) < 4.78 is 12.2. The van der Waals surface area contributed by atoms with Gasteiger partial charge < -0.3 is 14.8 Å². The van der Waals surface area contributed by atoms with Crippen LogP contribution in [0.4, 0.5) is 0 Å². The number of ether oxygens (including phenoxy) is 2. The van der Waals surface area contributed by atoms with Gasteiger partial charge in [-0.15, -0.1) is 11.3 Å². The molecule has 1 N–H and O–H groups in total. The molecule has 4 rings (SSSR count). The summed E-state index contributed by atoms with van der Waals surface area (Å²) in [5, 5.41) is 3.64. The minimum absolute atomic E-state index is 0.0401. The standard InChI is InChI=1S/C22H25N3O4S/c1-28-16-8-5-6-14(20(16)29-2)12-23-18(26)10-11-25-13-24-21-19(22(25)27)15-7-3-4-9-17(15)30-21/h5-6,8,13H,3-4,7,9-12H2,1-2H3,(H,23,26). The van der Waals surface area contributed by atoms with E-state index in [4.69, 9.17) is 9.47 Å². The molecule has 0 unspecified atom stereocenters. The maximum Gasteiger partial charge on any atom is 0.262 e. The molecule has 0 atom stereocenters. The van der Waals surface area contributed by atoms with Gasteiger partial charge in [-0.2, -0.15) is 0 Å². The lowest BCUT2D eigenvalue weighted by molar-refractivity contribution is -0.121. The number of carbonyl (C=O) groups is 1. The number of nitrogens with one attached hydrogen (secondary N) is 1. The molecule has 0 bridgehead atoms. The highest BCUT2D eigenvalue weighted by molar-refractivity contribution is 7.18. The number of carbonyl (C=O) groups excluding carboxylic acids is 1. The molecule has 0 fully saturated rings. The Hall–Kier alpha value is -2.87. The van der Waals surface area contributed by atoms with E-state index in [2.05, 4.69) is 10.3 Å². The number of methoxy groups -OCH3 is 2. The van der Waals surface area contributed by atoms with E-state index in [1.165, 1.54) is 16.9 Å². The summed E-state index contributed by atoms with van der Waals surface area (Å²) in [6.07, 6.45) is 6.03. The molecule has 3 aromatic rings. The molecule has 0 aliphatic heterocycles. The van der Waals surface area contributed by atoms with Crippen LogP contribution in [0.2, 0.25) is 0 Å². The van der Waals surface area contributed by atoms with Crippen LogP contribution in [0.25, 0.3) is 10.2 Å². The first-order chi connectivity index (χ1) is 14.6. The molecule has 158 valence electrons. The smallest absolute Gasteiger partial charge is 0.262 e. The molecule has 0 saturated carbocycles. The first kappa shape index (κ1) is 20.4. The van der Waals surface area contributed by atoms with E-state index in [9.17, 15) is 9.59 Å². The predicted molar refractivity (Wildman–Crippen MR) is 117 cm³/mol. The lowest BCUT2D eigenvalue weighted by atomic mass is 9.97. The van der Waals surface area contributed by atoms with Gasteiger partial charge in [-0.05, 0) is 37.3 Å². The Bertz CT molecular complexity index is 1140. The average molecular weight is 428 g/mol. The highest BCUT2D eigenvalue weighted by Crippen LogP contribution is 2.33. The number of benzene rings is 1. The maximum atomic E-state index is 13.0. The van der Waals surface area contributed by atoms with E-state index in [1.807, 2.05) is 18.2 Å². The second-order valence-corrected chi connectivity index (χ2v) is 8.40. The summed E-state index contributed by atoms with van der Waals surface area (Å²) in [6.45, 7) is 0.622. The molecule has 1 aromatic carbocycles. The fraction of sp³-hybridized carbons (Fsp3) is 0.409. The van der Waals surface area contributed by atoms with Crippen molar-refractivity contribution in [1.29, 1.82) is 0 Å². The van der Waals surface area contributed by atoms with Crippen molar-refractivity contribution in [1.82, 2.24) is 14.9 Å². The van der Waals surface area contributed by atoms with E-state index in [1.54, 1.807) is 36.5 Å². The number of hydrogen-bond acceptors (Lipinski definition) is 6. The normalized spacial score (nSPS) is 13.1. The van der Waals surface area contributed by atoms with Crippen molar-refractivity contribution < 1.29 is 14.3 Å². The van der Waals surface area contributed by atoms with Crippen LogP contribution in [-0.4, -0.2) is 29.7 Å². The number of para-hydroxylation sites is 1. The maximum absolute atomic E-state index is 13.0. The number of aromatic nitrogens is 2. The van der Waals surface area contributed by atoms with Gasteiger partial charge in [0.15, 0.2) is 11.5 Å². The fourth-order valence-corrected chi connectivity index (χ4v) is 5.16. The van der Waals surface area contributed by atoms with Crippen molar-refractivity contribution in [3.05, 3.63) is 50.9 Å². The number of amides is 1. The molecule has 1 aliphatic rings. The van der Waals surface area contributed by atoms with Gasteiger partial charge >= 0.3 is 0 Å². The zero-order valence-electron chi connectivity index (χ0n) is 17.2. The summed E-state index contributed by atoms with van der Waals surface area (Å²) in [7, 11) is 3.15. The van der Waals surface area contributed by atoms with Crippen LogP contribution in [-0.2, 0) is 30.7 Å². The Morgan fingerprint density at radius 3 is 2.87 bits per heavy atom. The Labute approximate surface area is 178 Å². The van der Waals surface area contributed by atoms with Crippen LogP contribution >= 0.6 is 11.3 Å². The van der Waals surface area contributed by atoms with Gasteiger partial charge in [-0.25, -0.2) is 4.98 Å². The SMILES string of the molecule is COc1cccc(CNC(=O)CCn2cnc3sc4c(c3c2=O)CCCC4)c1OC. The van der Waals surface area contributed by atoms with E-state index in [-0.39, 0.29) is 17.9 Å². The summed E-state index contributed by atoms with van der Waals surface area (Å²) in [5.74, 6) is 1.09. The molecule has 1 amide bonds. The van der Waals surface area contributed by atoms with Gasteiger partial charge in [0.05, 0.1) is 25.9 Å². The number of fused-ring (bicyclic) bond motifs is 3. The first-order valence-corrected chi connectivity index (χ1v) is 10.9. The number of hydrogen-bond donors (Lipinski definition) is 1. The largest absolute Gasteiger partial charge is 0.493 e. The van der Waals surface area contributed by atoms with Crippen LogP contribution in [0, 0.1) is 0 Å². The zero-order chi connectivity index (χ0) is 21.1. The molecule has 0 spiro atoms. The van der Waals surface area contributed by atoms with Crippen molar-refractivity contribution in [3.63, 3.8) is 0 Å². The Kier molecular flexibility index (Phi) is 6.03. The molecule has 2 heterocycles. The van der Waals surface area contributed by atoms with Gasteiger partial charge in [-0.1, -0.05) is 12.1 Å². The average Bonchev–Trinajstić information content (AvgIpc) is 3.16. The Morgan fingerprint density at radius 1 is 1.23 bits per heavy atom. The zero-order valence-corrected chi connectivity index (χ0v) is 18.0. The van der Waals surface area contributed by atoms with Crippen LogP contribution < -0.4 is 20.3 Å². The minimum Gasteiger partial charge on any atom is -0.493 e. The molecular weight excluding hydrogens is 402 g/mol. The van der Waals surface area contributed by atoms with E-state index in [0.29, 0.717) is 24.6 Å². The van der Waals surface area contributed by atoms with E-state index < -0.39 is 0 Å². The molecule has 1 aliphatic carbocycles. The first-order valence-electron chi connectivity index (χ1n) is 10.1. The van der Waals surface area contributed by atoms with Gasteiger partial charge in [0.25, 0.3) is 5.56 Å². The van der Waals surface area contributed by atoms with Crippen molar-refractivity contribution >= 4 is 27.5 Å². The molecule has 7 nitrogen and oxygen atoms in total. The van der Waals surface area contributed by atoms with Gasteiger partial charge in [-0.3, -0.25) is 14.2 Å². The molecule has 0 saturated heterocycles. The van der Waals surface area contributed by atoms with Crippen molar-refractivity contribution in [2.24, 2.45) is 0 Å². The van der Waals surface area contributed by atoms with Crippen LogP contribution in [0.5, 0.6) is 11.5 Å². The summed E-state index contributed by atoms with van der Waals surface area (Å²) >= 11 is 1.63. The second-order valence-electron chi connectivity index (χ2n) is 7.31. The van der Waals surface area contributed by atoms with E-state index in [0.717, 1.165) is 35.0 Å². The Morgan fingerprint density at radius 2 is 2.07 bits per heavy atom.